The van der Waals surface area contributed by atoms with Crippen LogP contribution in [0.15, 0.2) is 0 Å². The number of nitrogens with one attached hydrogen (secondary N) is 1. The van der Waals surface area contributed by atoms with E-state index in [-0.39, 0.29) is 0 Å². The van der Waals surface area contributed by atoms with E-state index in [2.05, 4.69) is 37.9 Å². The largest absolute Gasteiger partial charge is 0.396 e. The monoisotopic (exact) mass is 284 g/mol. The molecular formula is C17H36N2O. The summed E-state index contributed by atoms with van der Waals surface area (Å²) >= 11 is 0. The quantitative estimate of drug-likeness (QED) is 0.754. The van der Waals surface area contributed by atoms with Crippen molar-refractivity contribution in [3.8, 4) is 0 Å². The fourth-order valence-electron chi connectivity index (χ4n) is 3.28. The summed E-state index contributed by atoms with van der Waals surface area (Å²) in [4.78, 5) is 2.61. The van der Waals surface area contributed by atoms with Crippen molar-refractivity contribution in [2.45, 2.75) is 65.8 Å². The molecule has 3 nitrogen and oxygen atoms in total. The average molecular weight is 284 g/mol. The summed E-state index contributed by atoms with van der Waals surface area (Å²) in [5, 5.41) is 12.8. The first-order valence-corrected chi connectivity index (χ1v) is 8.54. The van der Waals surface area contributed by atoms with Crippen molar-refractivity contribution in [1.29, 1.82) is 0 Å². The van der Waals surface area contributed by atoms with Crippen LogP contribution in [0.3, 0.4) is 0 Å². The zero-order valence-electron chi connectivity index (χ0n) is 14.1. The molecule has 120 valence electrons. The van der Waals surface area contributed by atoms with E-state index in [1.54, 1.807) is 0 Å². The highest BCUT2D eigenvalue weighted by Crippen LogP contribution is 2.34. The molecular weight excluding hydrogens is 248 g/mol. The minimum Gasteiger partial charge on any atom is -0.396 e. The number of likely N-dealkylation sites (tertiary alicyclic amines) is 1. The van der Waals surface area contributed by atoms with Gasteiger partial charge in [0.25, 0.3) is 0 Å². The van der Waals surface area contributed by atoms with E-state index in [9.17, 15) is 5.11 Å². The van der Waals surface area contributed by atoms with Crippen LogP contribution in [-0.2, 0) is 0 Å². The molecule has 0 spiro atoms. The van der Waals surface area contributed by atoms with Gasteiger partial charge in [0.2, 0.25) is 0 Å². The molecule has 2 N–H and O–H groups in total. The second kappa shape index (κ2) is 9.01. The van der Waals surface area contributed by atoms with Crippen LogP contribution in [0.5, 0.6) is 0 Å². The molecule has 0 radical (unpaired) electrons. The van der Waals surface area contributed by atoms with E-state index >= 15 is 0 Å². The second-order valence-electron chi connectivity index (χ2n) is 7.46. The highest BCUT2D eigenvalue weighted by atomic mass is 16.3. The summed E-state index contributed by atoms with van der Waals surface area (Å²) in [7, 11) is 0. The molecule has 0 aromatic carbocycles. The molecule has 1 heterocycles. The van der Waals surface area contributed by atoms with Gasteiger partial charge >= 0.3 is 0 Å². The minimum atomic E-state index is 0.292. The van der Waals surface area contributed by atoms with Gasteiger partial charge in [-0.05, 0) is 63.1 Å². The van der Waals surface area contributed by atoms with Crippen LogP contribution in [0.1, 0.15) is 59.8 Å². The number of rotatable bonds is 7. The summed E-state index contributed by atoms with van der Waals surface area (Å²) in [5.41, 5.74) is 0.445. The predicted molar refractivity (Wildman–Crippen MR) is 87.0 cm³/mol. The van der Waals surface area contributed by atoms with Crippen molar-refractivity contribution in [2.75, 3.05) is 32.8 Å². The third kappa shape index (κ3) is 6.55. The Balaban J connectivity index is 2.42. The standard InChI is InChI=1S/C17H36N2O/c1-5-10-18-16(9-13-20)14-19-11-6-7-15(8-12-19)17(2,3)4/h15-16,18,20H,5-14H2,1-4H3. The lowest BCUT2D eigenvalue weighted by atomic mass is 9.77. The smallest absolute Gasteiger partial charge is 0.0446 e. The second-order valence-corrected chi connectivity index (χ2v) is 7.46. The maximum absolute atomic E-state index is 9.21. The van der Waals surface area contributed by atoms with Crippen molar-refractivity contribution in [3.05, 3.63) is 0 Å². The molecule has 0 aromatic rings. The molecule has 3 heteroatoms. The van der Waals surface area contributed by atoms with Crippen molar-refractivity contribution < 1.29 is 5.11 Å². The Bertz CT molecular complexity index is 250. The Morgan fingerprint density at radius 3 is 2.60 bits per heavy atom. The fourth-order valence-corrected chi connectivity index (χ4v) is 3.28. The van der Waals surface area contributed by atoms with Gasteiger partial charge in [-0.15, -0.1) is 0 Å². The van der Waals surface area contributed by atoms with Crippen LogP contribution >= 0.6 is 0 Å². The van der Waals surface area contributed by atoms with Gasteiger partial charge in [-0.2, -0.15) is 0 Å². The SMILES string of the molecule is CCCNC(CCO)CN1CCCC(C(C)(C)C)CC1. The first-order valence-electron chi connectivity index (χ1n) is 8.54. The number of hydrogen-bond donors (Lipinski definition) is 2. The van der Waals surface area contributed by atoms with Crippen molar-refractivity contribution in [3.63, 3.8) is 0 Å². The molecule has 0 aliphatic carbocycles. The van der Waals surface area contributed by atoms with Gasteiger partial charge in [-0.3, -0.25) is 0 Å². The third-order valence-corrected chi connectivity index (χ3v) is 4.68. The first-order chi connectivity index (χ1) is 9.47. The van der Waals surface area contributed by atoms with Crippen LogP contribution < -0.4 is 5.32 Å². The van der Waals surface area contributed by atoms with E-state index in [0.29, 0.717) is 18.1 Å². The predicted octanol–water partition coefficient (Wildman–Crippen LogP) is 2.89. The zero-order chi connectivity index (χ0) is 15.0. The maximum atomic E-state index is 9.21. The van der Waals surface area contributed by atoms with E-state index in [0.717, 1.165) is 31.8 Å². The number of aliphatic hydroxyl groups is 1. The normalized spacial score (nSPS) is 23.6. The van der Waals surface area contributed by atoms with Crippen LogP contribution in [0.25, 0.3) is 0 Å². The molecule has 1 fully saturated rings. The topological polar surface area (TPSA) is 35.5 Å². The van der Waals surface area contributed by atoms with Gasteiger partial charge in [-0.25, -0.2) is 0 Å². The molecule has 0 saturated carbocycles. The van der Waals surface area contributed by atoms with Crippen molar-refractivity contribution >= 4 is 0 Å². The molecule has 0 aromatic heterocycles. The van der Waals surface area contributed by atoms with Crippen LogP contribution in [0.2, 0.25) is 0 Å². The van der Waals surface area contributed by atoms with Crippen LogP contribution in [-0.4, -0.2) is 48.8 Å². The van der Waals surface area contributed by atoms with E-state index in [1.807, 2.05) is 0 Å². The molecule has 1 aliphatic rings. The van der Waals surface area contributed by atoms with Crippen LogP contribution in [0.4, 0.5) is 0 Å². The first kappa shape index (κ1) is 17.9. The van der Waals surface area contributed by atoms with Crippen LogP contribution in [0, 0.1) is 11.3 Å². The molecule has 0 bridgehead atoms. The summed E-state index contributed by atoms with van der Waals surface area (Å²) < 4.78 is 0. The third-order valence-electron chi connectivity index (χ3n) is 4.68. The molecule has 2 atom stereocenters. The summed E-state index contributed by atoms with van der Waals surface area (Å²) in [6.45, 7) is 14.2. The molecule has 0 amide bonds. The fraction of sp³-hybridized carbons (Fsp3) is 1.00. The molecule has 1 saturated heterocycles. The van der Waals surface area contributed by atoms with Gasteiger partial charge in [-0.1, -0.05) is 27.7 Å². The zero-order valence-corrected chi connectivity index (χ0v) is 14.1. The Labute approximate surface area is 126 Å². The van der Waals surface area contributed by atoms with Gasteiger partial charge in [0.15, 0.2) is 0 Å². The Hall–Kier alpha value is -0.120. The molecule has 20 heavy (non-hydrogen) atoms. The number of hydrogen-bond acceptors (Lipinski definition) is 3. The minimum absolute atomic E-state index is 0.292. The Morgan fingerprint density at radius 1 is 1.25 bits per heavy atom. The highest BCUT2D eigenvalue weighted by Gasteiger charge is 2.27. The van der Waals surface area contributed by atoms with Crippen molar-refractivity contribution in [2.24, 2.45) is 11.3 Å². The van der Waals surface area contributed by atoms with E-state index in [1.165, 1.54) is 32.4 Å². The molecule has 1 aliphatic heterocycles. The summed E-state index contributed by atoms with van der Waals surface area (Å²) in [6.07, 6.45) is 6.05. The highest BCUT2D eigenvalue weighted by molar-refractivity contribution is 4.80. The lowest BCUT2D eigenvalue weighted by Crippen LogP contribution is -2.42. The van der Waals surface area contributed by atoms with E-state index in [4.69, 9.17) is 0 Å². The van der Waals surface area contributed by atoms with Gasteiger partial charge in [0.05, 0.1) is 0 Å². The van der Waals surface area contributed by atoms with Gasteiger partial charge in [0.1, 0.15) is 0 Å². The van der Waals surface area contributed by atoms with Crippen molar-refractivity contribution in [1.82, 2.24) is 10.2 Å². The number of aliphatic hydroxyl groups excluding tert-OH is 1. The molecule has 1 rings (SSSR count). The number of nitrogens with zero attached hydrogens (tertiary/aromatic N) is 1. The summed E-state index contributed by atoms with van der Waals surface area (Å²) in [6, 6.07) is 0.450. The lowest BCUT2D eigenvalue weighted by Gasteiger charge is -2.30. The van der Waals surface area contributed by atoms with Gasteiger partial charge < -0.3 is 15.3 Å². The molecule has 2 unspecified atom stereocenters. The summed E-state index contributed by atoms with van der Waals surface area (Å²) in [5.74, 6) is 0.854. The Morgan fingerprint density at radius 2 is 2.00 bits per heavy atom. The maximum Gasteiger partial charge on any atom is 0.0446 e. The lowest BCUT2D eigenvalue weighted by molar-refractivity contribution is 0.193. The van der Waals surface area contributed by atoms with Gasteiger partial charge in [0, 0.05) is 19.2 Å². The Kier molecular flexibility index (Phi) is 8.08. The van der Waals surface area contributed by atoms with E-state index < -0.39 is 0 Å². The average Bonchev–Trinajstić information content (AvgIpc) is 2.61.